The molecule has 1 saturated heterocycles. The molecule has 3 nitrogen and oxygen atoms in total. The van der Waals surface area contributed by atoms with Crippen molar-refractivity contribution >= 4 is 35.0 Å². The molecule has 4 rings (SSSR count). The summed E-state index contributed by atoms with van der Waals surface area (Å²) in [5, 5.41) is 3.46. The van der Waals surface area contributed by atoms with Gasteiger partial charge in [-0.2, -0.15) is 0 Å². The molecule has 2 aromatic rings. The van der Waals surface area contributed by atoms with Crippen LogP contribution in [-0.4, -0.2) is 31.1 Å². The molecule has 0 aliphatic carbocycles. The van der Waals surface area contributed by atoms with Crippen LogP contribution in [-0.2, 0) is 5.41 Å². The van der Waals surface area contributed by atoms with E-state index in [1.807, 2.05) is 41.4 Å². The molecule has 0 saturated carbocycles. The lowest BCUT2D eigenvalue weighted by Gasteiger charge is -2.39. The Morgan fingerprint density at radius 2 is 1.69 bits per heavy atom. The van der Waals surface area contributed by atoms with Gasteiger partial charge in [0.25, 0.3) is 0 Å². The van der Waals surface area contributed by atoms with Crippen LogP contribution in [0.4, 0.5) is 5.69 Å². The largest absolute Gasteiger partial charge is 0.310 e. The number of piperidine rings is 1. The van der Waals surface area contributed by atoms with Gasteiger partial charge in [0, 0.05) is 28.5 Å². The third-order valence-electron chi connectivity index (χ3n) is 5.67. The normalized spacial score (nSPS) is 19.4. The average Bonchev–Trinajstić information content (AvgIpc) is 2.90. The molecular formula is C21H23Cl2N3. The van der Waals surface area contributed by atoms with Gasteiger partial charge in [-0.05, 0) is 67.4 Å². The number of anilines is 1. The summed E-state index contributed by atoms with van der Waals surface area (Å²) >= 11 is 12.2. The molecular weight excluding hydrogens is 365 g/mol. The minimum atomic E-state index is 0.144. The van der Waals surface area contributed by atoms with Gasteiger partial charge >= 0.3 is 0 Å². The van der Waals surface area contributed by atoms with E-state index in [1.54, 1.807) is 0 Å². The Labute approximate surface area is 165 Å². The van der Waals surface area contributed by atoms with Crippen molar-refractivity contribution in [3.63, 3.8) is 0 Å². The van der Waals surface area contributed by atoms with E-state index in [9.17, 15) is 0 Å². The fourth-order valence-electron chi connectivity index (χ4n) is 4.18. The van der Waals surface area contributed by atoms with Gasteiger partial charge in [-0.25, -0.2) is 5.84 Å². The van der Waals surface area contributed by atoms with Crippen LogP contribution in [0.5, 0.6) is 0 Å². The lowest BCUT2D eigenvalue weighted by molar-refractivity contribution is 0.180. The summed E-state index contributed by atoms with van der Waals surface area (Å²) in [6, 6.07) is 14.0. The number of likely N-dealkylation sites (tertiary alicyclic amines) is 1. The van der Waals surface area contributed by atoms with Gasteiger partial charge < -0.3 is 5.01 Å². The maximum absolute atomic E-state index is 6.25. The lowest BCUT2D eigenvalue weighted by Crippen LogP contribution is -2.46. The highest BCUT2D eigenvalue weighted by Gasteiger charge is 2.43. The summed E-state index contributed by atoms with van der Waals surface area (Å²) in [5.41, 5.74) is 3.78. The second-order valence-corrected chi connectivity index (χ2v) is 8.20. The quantitative estimate of drug-likeness (QED) is 0.772. The molecule has 2 N–H and O–H groups in total. The molecule has 0 amide bonds. The molecule has 1 spiro atoms. The predicted octanol–water partition coefficient (Wildman–Crippen LogP) is 4.73. The Bertz CT molecular complexity index is 809. The molecule has 0 bridgehead atoms. The maximum atomic E-state index is 6.25. The second-order valence-electron chi connectivity index (χ2n) is 7.32. The molecule has 0 atom stereocenters. The van der Waals surface area contributed by atoms with Crippen LogP contribution >= 0.6 is 23.2 Å². The third kappa shape index (κ3) is 3.49. The van der Waals surface area contributed by atoms with Gasteiger partial charge in [-0.15, -0.1) is 0 Å². The molecule has 0 aromatic heterocycles. The molecule has 2 aromatic carbocycles. The van der Waals surface area contributed by atoms with E-state index in [0.29, 0.717) is 0 Å². The molecule has 5 heteroatoms. The number of nitrogens with two attached hydrogens (primary N) is 1. The topological polar surface area (TPSA) is 32.5 Å². The van der Waals surface area contributed by atoms with E-state index < -0.39 is 0 Å². The van der Waals surface area contributed by atoms with Crippen LogP contribution in [0.3, 0.4) is 0 Å². The van der Waals surface area contributed by atoms with Crippen LogP contribution in [0.25, 0.3) is 6.08 Å². The molecule has 0 radical (unpaired) electrons. The van der Waals surface area contributed by atoms with E-state index in [2.05, 4.69) is 23.1 Å². The van der Waals surface area contributed by atoms with Crippen LogP contribution < -0.4 is 10.9 Å². The van der Waals surface area contributed by atoms with E-state index in [0.717, 1.165) is 54.8 Å². The number of halogens is 2. The molecule has 136 valence electrons. The Balaban J connectivity index is 1.39. The minimum Gasteiger partial charge on any atom is -0.310 e. The number of nitrogens with zero attached hydrogens (tertiary/aromatic N) is 2. The van der Waals surface area contributed by atoms with E-state index in [-0.39, 0.29) is 5.41 Å². The van der Waals surface area contributed by atoms with Crippen molar-refractivity contribution in [2.45, 2.75) is 18.3 Å². The molecule has 0 unspecified atom stereocenters. The first-order chi connectivity index (χ1) is 12.6. The number of hydrogen-bond donors (Lipinski definition) is 1. The number of hydrogen-bond acceptors (Lipinski definition) is 3. The van der Waals surface area contributed by atoms with Crippen LogP contribution in [0.2, 0.25) is 10.0 Å². The van der Waals surface area contributed by atoms with Gasteiger partial charge in [0.2, 0.25) is 0 Å². The van der Waals surface area contributed by atoms with Crippen LogP contribution in [0.1, 0.15) is 24.0 Å². The standard InChI is InChI=1S/C21H23Cl2N3/c22-17-5-3-16(4-6-17)2-1-11-25-12-9-21(10-13-25)15-26(24)20-8-7-18(23)14-19(20)21/h1-8,14H,9-13,15,24H2. The first kappa shape index (κ1) is 17.9. The number of fused-ring (bicyclic) bond motifs is 2. The fourth-order valence-corrected chi connectivity index (χ4v) is 4.48. The summed E-state index contributed by atoms with van der Waals surface area (Å²) in [6.45, 7) is 4.00. The highest BCUT2D eigenvalue weighted by atomic mass is 35.5. The maximum Gasteiger partial charge on any atom is 0.0556 e. The molecule has 2 aliphatic heterocycles. The van der Waals surface area contributed by atoms with Gasteiger partial charge in [0.15, 0.2) is 0 Å². The first-order valence-electron chi connectivity index (χ1n) is 9.02. The molecule has 1 fully saturated rings. The Kier molecular flexibility index (Phi) is 4.98. The zero-order chi connectivity index (χ0) is 18.1. The van der Waals surface area contributed by atoms with Crippen molar-refractivity contribution in [2.75, 3.05) is 31.2 Å². The Morgan fingerprint density at radius 3 is 2.42 bits per heavy atom. The summed E-state index contributed by atoms with van der Waals surface area (Å²) < 4.78 is 0. The van der Waals surface area contributed by atoms with Gasteiger partial charge in [-0.1, -0.05) is 47.5 Å². The van der Waals surface area contributed by atoms with Gasteiger partial charge in [0.1, 0.15) is 0 Å². The molecule has 2 heterocycles. The van der Waals surface area contributed by atoms with Crippen molar-refractivity contribution in [2.24, 2.45) is 5.84 Å². The zero-order valence-corrected chi connectivity index (χ0v) is 16.2. The third-order valence-corrected chi connectivity index (χ3v) is 6.16. The average molecular weight is 388 g/mol. The van der Waals surface area contributed by atoms with Crippen molar-refractivity contribution in [3.05, 3.63) is 69.7 Å². The van der Waals surface area contributed by atoms with Crippen LogP contribution in [0.15, 0.2) is 48.5 Å². The Morgan fingerprint density at radius 1 is 1.00 bits per heavy atom. The second kappa shape index (κ2) is 7.24. The van der Waals surface area contributed by atoms with Crippen molar-refractivity contribution < 1.29 is 0 Å². The van der Waals surface area contributed by atoms with E-state index in [1.165, 1.54) is 11.1 Å². The minimum absolute atomic E-state index is 0.144. The number of rotatable bonds is 3. The summed E-state index contributed by atoms with van der Waals surface area (Å²) in [5.74, 6) is 6.25. The van der Waals surface area contributed by atoms with Crippen molar-refractivity contribution in [1.29, 1.82) is 0 Å². The van der Waals surface area contributed by atoms with Gasteiger partial charge in [-0.3, -0.25) is 4.90 Å². The van der Waals surface area contributed by atoms with Crippen molar-refractivity contribution in [1.82, 2.24) is 4.90 Å². The van der Waals surface area contributed by atoms with Crippen LogP contribution in [0, 0.1) is 0 Å². The highest BCUT2D eigenvalue weighted by Crippen LogP contribution is 2.46. The number of benzene rings is 2. The van der Waals surface area contributed by atoms with E-state index in [4.69, 9.17) is 29.0 Å². The summed E-state index contributed by atoms with van der Waals surface area (Å²) in [6.07, 6.45) is 6.62. The fraction of sp³-hybridized carbons (Fsp3) is 0.333. The van der Waals surface area contributed by atoms with Crippen molar-refractivity contribution in [3.8, 4) is 0 Å². The lowest BCUT2D eigenvalue weighted by atomic mass is 9.74. The summed E-state index contributed by atoms with van der Waals surface area (Å²) in [4.78, 5) is 2.50. The molecule has 2 aliphatic rings. The first-order valence-corrected chi connectivity index (χ1v) is 9.78. The SMILES string of the molecule is NN1CC2(CCN(CC=Cc3ccc(Cl)cc3)CC2)c2cc(Cl)ccc21. The summed E-state index contributed by atoms with van der Waals surface area (Å²) in [7, 11) is 0. The predicted molar refractivity (Wildman–Crippen MR) is 111 cm³/mol. The number of hydrazine groups is 1. The zero-order valence-electron chi connectivity index (χ0n) is 14.7. The monoisotopic (exact) mass is 387 g/mol. The van der Waals surface area contributed by atoms with E-state index >= 15 is 0 Å². The smallest absolute Gasteiger partial charge is 0.0556 e. The van der Waals surface area contributed by atoms with Gasteiger partial charge in [0.05, 0.1) is 5.69 Å². The Hall–Kier alpha value is -1.52. The molecule has 26 heavy (non-hydrogen) atoms. The highest BCUT2D eigenvalue weighted by molar-refractivity contribution is 6.31.